The minimum absolute atomic E-state index is 0.0436. The van der Waals surface area contributed by atoms with E-state index in [9.17, 15) is 0 Å². The maximum atomic E-state index is 6.02. The Kier molecular flexibility index (Phi) is 5.47. The van der Waals surface area contributed by atoms with E-state index in [1.54, 1.807) is 0 Å². The van der Waals surface area contributed by atoms with E-state index in [1.807, 2.05) is 18.2 Å². The zero-order chi connectivity index (χ0) is 15.4. The summed E-state index contributed by atoms with van der Waals surface area (Å²) in [6, 6.07) is 10.6. The van der Waals surface area contributed by atoms with E-state index in [0.717, 1.165) is 19.1 Å². The van der Waals surface area contributed by atoms with Gasteiger partial charge >= 0.3 is 0 Å². The number of nitrogens with one attached hydrogen (secondary N) is 1. The molecule has 2 aliphatic rings. The lowest BCUT2D eigenvalue weighted by Gasteiger charge is -2.18. The Morgan fingerprint density at radius 1 is 1.14 bits per heavy atom. The summed E-state index contributed by atoms with van der Waals surface area (Å²) in [5, 5.41) is 3.57. The van der Waals surface area contributed by atoms with Crippen LogP contribution >= 0.6 is 0 Å². The fourth-order valence-electron chi connectivity index (χ4n) is 3.12. The van der Waals surface area contributed by atoms with Crippen molar-refractivity contribution in [3.05, 3.63) is 35.9 Å². The average molecular weight is 305 g/mol. The van der Waals surface area contributed by atoms with Crippen molar-refractivity contribution in [2.45, 2.75) is 51.2 Å². The van der Waals surface area contributed by atoms with E-state index < -0.39 is 0 Å². The minimum Gasteiger partial charge on any atom is -0.371 e. The molecule has 1 N–H and O–H groups in total. The molecule has 1 aromatic rings. The predicted octanol–water partition coefficient (Wildman–Crippen LogP) is 2.37. The summed E-state index contributed by atoms with van der Waals surface area (Å²) in [6.45, 7) is 7.48. The number of benzene rings is 1. The van der Waals surface area contributed by atoms with Crippen LogP contribution in [0, 0.1) is 5.92 Å². The molecule has 4 heteroatoms. The number of fused-ring (bicyclic) bond motifs is 1. The van der Waals surface area contributed by atoms with Crippen molar-refractivity contribution in [2.75, 3.05) is 19.8 Å². The van der Waals surface area contributed by atoms with E-state index in [1.165, 1.54) is 12.0 Å². The lowest BCUT2D eigenvalue weighted by atomic mass is 10.1. The smallest absolute Gasteiger partial charge is 0.114 e. The van der Waals surface area contributed by atoms with E-state index in [2.05, 4.69) is 31.3 Å². The fraction of sp³-hybridized carbons (Fsp3) is 0.667. The Balaban J connectivity index is 1.45. The van der Waals surface area contributed by atoms with E-state index in [-0.39, 0.29) is 18.3 Å². The standard InChI is InChI=1S/C18H27NO3/c1-13(2)8-9-19-15-11-21-18-16(12-22-17(15)18)20-10-14-6-4-3-5-7-14/h3-7,13,15-19H,8-12H2,1-2H3. The van der Waals surface area contributed by atoms with Crippen LogP contribution in [-0.4, -0.2) is 44.1 Å². The molecule has 2 aliphatic heterocycles. The predicted molar refractivity (Wildman–Crippen MR) is 85.7 cm³/mol. The molecular weight excluding hydrogens is 278 g/mol. The molecule has 0 bridgehead atoms. The highest BCUT2D eigenvalue weighted by Crippen LogP contribution is 2.29. The van der Waals surface area contributed by atoms with Crippen molar-refractivity contribution in [2.24, 2.45) is 5.92 Å². The highest BCUT2D eigenvalue weighted by molar-refractivity contribution is 5.13. The summed E-state index contributed by atoms with van der Waals surface area (Å²) in [5.41, 5.74) is 1.19. The molecule has 4 atom stereocenters. The molecule has 4 nitrogen and oxygen atoms in total. The molecule has 122 valence electrons. The maximum Gasteiger partial charge on any atom is 0.114 e. The van der Waals surface area contributed by atoms with Crippen LogP contribution in [0.4, 0.5) is 0 Å². The molecule has 4 unspecified atom stereocenters. The van der Waals surface area contributed by atoms with Crippen LogP contribution in [0.5, 0.6) is 0 Å². The second-order valence-corrected chi connectivity index (χ2v) is 6.67. The SMILES string of the molecule is CC(C)CCNC1COC2C(OCc3ccccc3)COC12. The monoisotopic (exact) mass is 305 g/mol. The topological polar surface area (TPSA) is 39.7 Å². The number of rotatable bonds is 7. The highest BCUT2D eigenvalue weighted by atomic mass is 16.6. The summed E-state index contributed by atoms with van der Waals surface area (Å²) >= 11 is 0. The first kappa shape index (κ1) is 15.9. The quantitative estimate of drug-likeness (QED) is 0.839. The Morgan fingerprint density at radius 3 is 2.68 bits per heavy atom. The van der Waals surface area contributed by atoms with E-state index in [0.29, 0.717) is 19.3 Å². The second kappa shape index (κ2) is 7.55. The van der Waals surface area contributed by atoms with Crippen LogP contribution in [0.15, 0.2) is 30.3 Å². The van der Waals surface area contributed by atoms with Gasteiger partial charge in [-0.1, -0.05) is 44.2 Å². The molecule has 0 saturated carbocycles. The van der Waals surface area contributed by atoms with Crippen LogP contribution in [0.1, 0.15) is 25.8 Å². The summed E-state index contributed by atoms with van der Waals surface area (Å²) in [6.07, 6.45) is 1.43. The maximum absolute atomic E-state index is 6.02. The Morgan fingerprint density at radius 2 is 1.91 bits per heavy atom. The van der Waals surface area contributed by atoms with Crippen molar-refractivity contribution < 1.29 is 14.2 Å². The lowest BCUT2D eigenvalue weighted by Crippen LogP contribution is -2.42. The van der Waals surface area contributed by atoms with Gasteiger partial charge in [0.05, 0.1) is 25.9 Å². The summed E-state index contributed by atoms with van der Waals surface area (Å²) in [7, 11) is 0. The Bertz CT molecular complexity index is 451. The van der Waals surface area contributed by atoms with Gasteiger partial charge in [0.2, 0.25) is 0 Å². The van der Waals surface area contributed by atoms with Crippen LogP contribution in [0.3, 0.4) is 0 Å². The first-order valence-electron chi connectivity index (χ1n) is 8.36. The summed E-state index contributed by atoms with van der Waals surface area (Å²) in [5.74, 6) is 0.720. The van der Waals surface area contributed by atoms with Crippen LogP contribution in [0.25, 0.3) is 0 Å². The molecule has 0 radical (unpaired) electrons. The molecule has 0 aliphatic carbocycles. The van der Waals surface area contributed by atoms with Crippen LogP contribution in [-0.2, 0) is 20.8 Å². The molecule has 0 amide bonds. The minimum atomic E-state index is 0.0436. The van der Waals surface area contributed by atoms with E-state index >= 15 is 0 Å². The molecule has 2 heterocycles. The van der Waals surface area contributed by atoms with Crippen molar-refractivity contribution >= 4 is 0 Å². The molecule has 1 aromatic carbocycles. The molecule has 0 spiro atoms. The molecule has 2 saturated heterocycles. The fourth-order valence-corrected chi connectivity index (χ4v) is 3.12. The summed E-state index contributed by atoms with van der Waals surface area (Å²) in [4.78, 5) is 0. The van der Waals surface area contributed by atoms with Gasteiger partial charge in [0.1, 0.15) is 18.3 Å². The summed E-state index contributed by atoms with van der Waals surface area (Å²) < 4.78 is 17.9. The van der Waals surface area contributed by atoms with Crippen molar-refractivity contribution in [3.63, 3.8) is 0 Å². The van der Waals surface area contributed by atoms with Crippen LogP contribution < -0.4 is 5.32 Å². The van der Waals surface area contributed by atoms with Gasteiger partial charge in [-0.05, 0) is 24.4 Å². The first-order chi connectivity index (χ1) is 10.7. The Labute approximate surface area is 133 Å². The highest BCUT2D eigenvalue weighted by Gasteiger charge is 2.47. The molecule has 22 heavy (non-hydrogen) atoms. The molecule has 0 aromatic heterocycles. The Hall–Kier alpha value is -0.940. The van der Waals surface area contributed by atoms with Crippen molar-refractivity contribution in [3.8, 4) is 0 Å². The lowest BCUT2D eigenvalue weighted by molar-refractivity contribution is -0.0393. The zero-order valence-electron chi connectivity index (χ0n) is 13.5. The zero-order valence-corrected chi connectivity index (χ0v) is 13.5. The van der Waals surface area contributed by atoms with Gasteiger partial charge in [-0.2, -0.15) is 0 Å². The number of ether oxygens (including phenoxy) is 3. The van der Waals surface area contributed by atoms with Gasteiger partial charge in [0.25, 0.3) is 0 Å². The molecule has 3 rings (SSSR count). The molecule has 2 fully saturated rings. The number of hydrogen-bond acceptors (Lipinski definition) is 4. The molecular formula is C18H27NO3. The van der Waals surface area contributed by atoms with E-state index in [4.69, 9.17) is 14.2 Å². The van der Waals surface area contributed by atoms with Gasteiger partial charge in [0, 0.05) is 0 Å². The van der Waals surface area contributed by atoms with Gasteiger partial charge in [0.15, 0.2) is 0 Å². The third-order valence-corrected chi connectivity index (χ3v) is 4.44. The van der Waals surface area contributed by atoms with Gasteiger partial charge in [-0.25, -0.2) is 0 Å². The van der Waals surface area contributed by atoms with Crippen molar-refractivity contribution in [1.29, 1.82) is 0 Å². The van der Waals surface area contributed by atoms with Crippen molar-refractivity contribution in [1.82, 2.24) is 5.32 Å². The van der Waals surface area contributed by atoms with Gasteiger partial charge in [-0.15, -0.1) is 0 Å². The van der Waals surface area contributed by atoms with Gasteiger partial charge < -0.3 is 19.5 Å². The van der Waals surface area contributed by atoms with Crippen LogP contribution in [0.2, 0.25) is 0 Å². The number of hydrogen-bond donors (Lipinski definition) is 1. The second-order valence-electron chi connectivity index (χ2n) is 6.67. The first-order valence-corrected chi connectivity index (χ1v) is 8.36. The van der Waals surface area contributed by atoms with Gasteiger partial charge in [-0.3, -0.25) is 0 Å². The largest absolute Gasteiger partial charge is 0.371 e. The normalized spacial score (nSPS) is 30.9. The average Bonchev–Trinajstić information content (AvgIpc) is 3.09. The third kappa shape index (κ3) is 3.87. The third-order valence-electron chi connectivity index (χ3n) is 4.44.